The Morgan fingerprint density at radius 2 is 1.86 bits per heavy atom. The number of hydrogen-bond donors (Lipinski definition) is 0. The van der Waals surface area contributed by atoms with E-state index in [1.165, 1.54) is 25.3 Å². The highest BCUT2D eigenvalue weighted by Gasteiger charge is 2.45. The number of carbonyl (C=O) groups is 2. The van der Waals surface area contributed by atoms with Crippen LogP contribution in [0.2, 0.25) is 0 Å². The third-order valence-corrected chi connectivity index (χ3v) is 5.19. The van der Waals surface area contributed by atoms with Gasteiger partial charge in [-0.1, -0.05) is 0 Å². The maximum absolute atomic E-state index is 13.6. The normalized spacial score (nSPS) is 24.6. The van der Waals surface area contributed by atoms with Crippen LogP contribution in [0, 0.1) is 11.7 Å². The van der Waals surface area contributed by atoms with E-state index in [0.717, 1.165) is 0 Å². The van der Waals surface area contributed by atoms with E-state index in [0.29, 0.717) is 37.4 Å². The molecule has 2 aliphatic heterocycles. The lowest BCUT2D eigenvalue weighted by molar-refractivity contribution is -0.131. The molecule has 2 heterocycles. The number of amides is 1. The van der Waals surface area contributed by atoms with Gasteiger partial charge in [0.25, 0.3) is 0 Å². The lowest BCUT2D eigenvalue weighted by atomic mass is 9.81. The van der Waals surface area contributed by atoms with Gasteiger partial charge in [0, 0.05) is 17.9 Å². The number of halogens is 1. The second kappa shape index (κ2) is 8.07. The van der Waals surface area contributed by atoms with Crippen molar-refractivity contribution in [3.63, 3.8) is 0 Å². The van der Waals surface area contributed by atoms with Crippen LogP contribution in [0.15, 0.2) is 18.2 Å². The van der Waals surface area contributed by atoms with Crippen LogP contribution in [0.4, 0.5) is 9.18 Å². The first-order valence-corrected chi connectivity index (χ1v) is 9.62. The molecule has 2 atom stereocenters. The number of carbonyl (C=O) groups excluding carboxylic acids is 2. The van der Waals surface area contributed by atoms with Crippen molar-refractivity contribution in [1.82, 2.24) is 4.90 Å². The molecule has 0 aromatic heterocycles. The van der Waals surface area contributed by atoms with Crippen LogP contribution < -0.4 is 4.74 Å². The van der Waals surface area contributed by atoms with Crippen LogP contribution in [0.1, 0.15) is 39.2 Å². The fourth-order valence-electron chi connectivity index (χ4n) is 4.01. The molecule has 1 amide bonds. The molecule has 1 aromatic rings. The van der Waals surface area contributed by atoms with Crippen molar-refractivity contribution < 1.29 is 28.2 Å². The number of nitrogens with zero attached hydrogens (tertiary/aromatic N) is 1. The fraction of sp³-hybridized carbons (Fsp3) is 0.619. The van der Waals surface area contributed by atoms with Gasteiger partial charge in [0.05, 0.1) is 32.4 Å². The van der Waals surface area contributed by atoms with E-state index in [9.17, 15) is 14.0 Å². The van der Waals surface area contributed by atoms with E-state index in [1.54, 1.807) is 4.90 Å². The van der Waals surface area contributed by atoms with E-state index < -0.39 is 11.4 Å². The largest absolute Gasteiger partial charge is 0.496 e. The van der Waals surface area contributed by atoms with Crippen LogP contribution in [0.25, 0.3) is 0 Å². The zero-order valence-electron chi connectivity index (χ0n) is 16.9. The number of Topliss-reactive ketones (excluding diaryl/α,β-unsaturated/α-hetero) is 1. The molecule has 2 saturated heterocycles. The molecule has 154 valence electrons. The highest BCUT2D eigenvalue weighted by atomic mass is 19.1. The molecule has 2 unspecified atom stereocenters. The Bertz CT molecular complexity index is 731. The Labute approximate surface area is 164 Å². The van der Waals surface area contributed by atoms with Gasteiger partial charge in [-0.15, -0.1) is 0 Å². The van der Waals surface area contributed by atoms with Crippen LogP contribution in [0.5, 0.6) is 5.75 Å². The van der Waals surface area contributed by atoms with Gasteiger partial charge in [-0.2, -0.15) is 0 Å². The quantitative estimate of drug-likeness (QED) is 0.785. The third kappa shape index (κ3) is 4.63. The Kier molecular flexibility index (Phi) is 5.93. The van der Waals surface area contributed by atoms with Gasteiger partial charge in [0.2, 0.25) is 0 Å². The predicted octanol–water partition coefficient (Wildman–Crippen LogP) is 3.36. The van der Waals surface area contributed by atoms with Gasteiger partial charge >= 0.3 is 6.09 Å². The zero-order valence-corrected chi connectivity index (χ0v) is 16.9. The van der Waals surface area contributed by atoms with Crippen LogP contribution in [0.3, 0.4) is 0 Å². The summed E-state index contributed by atoms with van der Waals surface area (Å²) in [5, 5.41) is 0. The van der Waals surface area contributed by atoms with Crippen molar-refractivity contribution in [2.45, 2.75) is 57.7 Å². The summed E-state index contributed by atoms with van der Waals surface area (Å²) in [6.07, 6.45) is 0.792. The number of methoxy groups -OCH3 is 1. The van der Waals surface area contributed by atoms with Gasteiger partial charge in [-0.05, 0) is 51.8 Å². The zero-order chi connectivity index (χ0) is 20.5. The van der Waals surface area contributed by atoms with Crippen LogP contribution >= 0.6 is 0 Å². The number of ketones is 1. The average molecular weight is 393 g/mol. The number of hydrogen-bond acceptors (Lipinski definition) is 5. The lowest BCUT2D eigenvalue weighted by Gasteiger charge is -2.47. The Morgan fingerprint density at radius 1 is 1.21 bits per heavy atom. The van der Waals surface area contributed by atoms with Gasteiger partial charge in [-0.25, -0.2) is 9.18 Å². The van der Waals surface area contributed by atoms with Gasteiger partial charge < -0.3 is 14.2 Å². The van der Waals surface area contributed by atoms with E-state index >= 15 is 0 Å². The van der Waals surface area contributed by atoms with Crippen molar-refractivity contribution in [3.05, 3.63) is 29.6 Å². The molecule has 0 spiro atoms. The molecule has 6 nitrogen and oxygen atoms in total. The first kappa shape index (κ1) is 20.6. The van der Waals surface area contributed by atoms with Crippen molar-refractivity contribution in [3.8, 4) is 5.75 Å². The summed E-state index contributed by atoms with van der Waals surface area (Å²) >= 11 is 0. The van der Waals surface area contributed by atoms with Crippen molar-refractivity contribution in [2.24, 2.45) is 5.92 Å². The summed E-state index contributed by atoms with van der Waals surface area (Å²) in [4.78, 5) is 27.3. The minimum absolute atomic E-state index is 0.0321. The van der Waals surface area contributed by atoms with E-state index in [-0.39, 0.29) is 36.3 Å². The first-order chi connectivity index (χ1) is 13.2. The van der Waals surface area contributed by atoms with Crippen LogP contribution in [-0.2, 0) is 20.7 Å². The molecule has 2 fully saturated rings. The summed E-state index contributed by atoms with van der Waals surface area (Å²) in [5.74, 6) is -0.0618. The Hall–Kier alpha value is -2.15. The number of fused-ring (bicyclic) bond motifs is 2. The standard InChI is InChI=1S/C21H28FNO5/c1-21(2,3)28-20(25)23-16-8-13(9-17(23)12-27-11-16)18(24)10-14-7-15(22)5-6-19(14)26-4/h5-7,13,16-17H,8-12H2,1-4H3. The molecule has 0 N–H and O–H groups in total. The molecule has 0 saturated carbocycles. The lowest BCUT2D eigenvalue weighted by Crippen LogP contribution is -2.60. The van der Waals surface area contributed by atoms with Crippen molar-refractivity contribution >= 4 is 11.9 Å². The summed E-state index contributed by atoms with van der Waals surface area (Å²) in [7, 11) is 1.50. The summed E-state index contributed by atoms with van der Waals surface area (Å²) in [5.41, 5.74) is -0.0317. The second-order valence-electron chi connectivity index (χ2n) is 8.50. The molecule has 7 heteroatoms. The molecular formula is C21H28FNO5. The Morgan fingerprint density at radius 3 is 2.43 bits per heavy atom. The highest BCUT2D eigenvalue weighted by molar-refractivity contribution is 5.84. The minimum atomic E-state index is -0.577. The second-order valence-corrected chi connectivity index (χ2v) is 8.50. The van der Waals surface area contributed by atoms with Gasteiger partial charge in [0.15, 0.2) is 0 Å². The molecule has 1 aromatic carbocycles. The number of piperidine rings is 1. The summed E-state index contributed by atoms with van der Waals surface area (Å²) < 4.78 is 30.0. The van der Waals surface area contributed by atoms with E-state index in [1.807, 2.05) is 20.8 Å². The first-order valence-electron chi connectivity index (χ1n) is 9.62. The van der Waals surface area contributed by atoms with E-state index in [4.69, 9.17) is 14.2 Å². The number of benzene rings is 1. The van der Waals surface area contributed by atoms with Gasteiger partial charge in [0.1, 0.15) is 23.0 Å². The minimum Gasteiger partial charge on any atom is -0.496 e. The molecule has 0 radical (unpaired) electrons. The monoisotopic (exact) mass is 393 g/mol. The number of morpholine rings is 1. The van der Waals surface area contributed by atoms with Crippen LogP contribution in [-0.4, -0.2) is 54.8 Å². The molecular weight excluding hydrogens is 365 g/mol. The molecule has 3 rings (SSSR count). The Balaban J connectivity index is 1.70. The molecule has 2 aliphatic rings. The third-order valence-electron chi connectivity index (χ3n) is 5.19. The molecule has 28 heavy (non-hydrogen) atoms. The molecule has 0 aliphatic carbocycles. The van der Waals surface area contributed by atoms with Crippen molar-refractivity contribution in [2.75, 3.05) is 20.3 Å². The highest BCUT2D eigenvalue weighted by Crippen LogP contribution is 2.34. The predicted molar refractivity (Wildman–Crippen MR) is 101 cm³/mol. The SMILES string of the molecule is COc1ccc(F)cc1CC(=O)C1CC2COCC(C1)N2C(=O)OC(C)(C)C. The number of rotatable bonds is 4. The average Bonchev–Trinajstić information content (AvgIpc) is 2.59. The molecule has 2 bridgehead atoms. The topological polar surface area (TPSA) is 65.1 Å². The number of ether oxygens (including phenoxy) is 3. The van der Waals surface area contributed by atoms with Crippen molar-refractivity contribution in [1.29, 1.82) is 0 Å². The summed E-state index contributed by atoms with van der Waals surface area (Å²) in [6, 6.07) is 3.81. The maximum Gasteiger partial charge on any atom is 0.410 e. The summed E-state index contributed by atoms with van der Waals surface area (Å²) in [6.45, 7) is 6.28. The van der Waals surface area contributed by atoms with Gasteiger partial charge in [-0.3, -0.25) is 9.69 Å². The smallest absolute Gasteiger partial charge is 0.410 e. The maximum atomic E-state index is 13.6. The van der Waals surface area contributed by atoms with E-state index in [2.05, 4.69) is 0 Å². The fourth-order valence-corrected chi connectivity index (χ4v) is 4.01.